The summed E-state index contributed by atoms with van der Waals surface area (Å²) in [5, 5.41) is 12.4. The fourth-order valence-electron chi connectivity index (χ4n) is 1.67. The van der Waals surface area contributed by atoms with E-state index in [2.05, 4.69) is 5.32 Å². The van der Waals surface area contributed by atoms with Gasteiger partial charge in [0.05, 0.1) is 5.41 Å². The average molecular weight is 270 g/mol. The summed E-state index contributed by atoms with van der Waals surface area (Å²) in [4.78, 5) is 12.2. The van der Waals surface area contributed by atoms with Crippen LogP contribution in [0.25, 0.3) is 0 Å². The van der Waals surface area contributed by atoms with E-state index in [1.165, 1.54) is 0 Å². The maximum atomic E-state index is 12.2. The van der Waals surface area contributed by atoms with Crippen molar-refractivity contribution < 1.29 is 9.90 Å². The fourth-order valence-corrected chi connectivity index (χ4v) is 1.79. The molecule has 1 aromatic carbocycles. The molecule has 1 atom stereocenters. The van der Waals surface area contributed by atoms with Crippen molar-refractivity contribution in [2.24, 2.45) is 0 Å². The van der Waals surface area contributed by atoms with Crippen molar-refractivity contribution in [3.05, 3.63) is 34.9 Å². The van der Waals surface area contributed by atoms with Crippen LogP contribution in [0.15, 0.2) is 24.3 Å². The number of carbonyl (C=O) groups excluding carboxylic acids is 1. The molecule has 0 heterocycles. The number of halogens is 1. The van der Waals surface area contributed by atoms with Gasteiger partial charge in [0.15, 0.2) is 0 Å². The normalized spacial score (nSPS) is 13.2. The topological polar surface area (TPSA) is 49.3 Å². The maximum Gasteiger partial charge on any atom is 0.230 e. The van der Waals surface area contributed by atoms with Crippen LogP contribution in [-0.4, -0.2) is 23.7 Å². The van der Waals surface area contributed by atoms with E-state index in [1.54, 1.807) is 12.1 Å². The third-order valence-electron chi connectivity index (χ3n) is 3.07. The van der Waals surface area contributed by atoms with Gasteiger partial charge in [-0.15, -0.1) is 0 Å². The van der Waals surface area contributed by atoms with Gasteiger partial charge in [0, 0.05) is 17.7 Å². The van der Waals surface area contributed by atoms with Gasteiger partial charge in [-0.05, 0) is 44.9 Å². The minimum absolute atomic E-state index is 0.0333. The summed E-state index contributed by atoms with van der Waals surface area (Å²) in [6.45, 7) is 5.70. The molecule has 4 heteroatoms. The molecule has 0 aromatic heterocycles. The second-order valence-electron chi connectivity index (χ2n) is 5.02. The monoisotopic (exact) mass is 269 g/mol. The fraction of sp³-hybridized carbons (Fsp3) is 0.500. The number of hydrogen-bond donors (Lipinski definition) is 2. The van der Waals surface area contributed by atoms with Crippen molar-refractivity contribution in [3.8, 4) is 0 Å². The van der Waals surface area contributed by atoms with E-state index in [9.17, 15) is 4.79 Å². The first-order chi connectivity index (χ1) is 8.37. The first kappa shape index (κ1) is 15.0. The zero-order valence-electron chi connectivity index (χ0n) is 11.0. The molecule has 0 bridgehead atoms. The highest BCUT2D eigenvalue weighted by Gasteiger charge is 2.30. The number of amides is 1. The molecule has 0 fully saturated rings. The summed E-state index contributed by atoms with van der Waals surface area (Å²) in [5.74, 6) is -0.0502. The van der Waals surface area contributed by atoms with Crippen molar-refractivity contribution in [3.63, 3.8) is 0 Å². The Morgan fingerprint density at radius 1 is 1.39 bits per heavy atom. The Morgan fingerprint density at radius 3 is 2.44 bits per heavy atom. The first-order valence-electron chi connectivity index (χ1n) is 6.05. The maximum absolute atomic E-state index is 12.2. The van der Waals surface area contributed by atoms with Crippen LogP contribution in [0.3, 0.4) is 0 Å². The lowest BCUT2D eigenvalue weighted by Gasteiger charge is -2.26. The standard InChI is InChI=1S/C14H20ClNO2/c1-10(8-9-17)16-13(18)14(2,3)11-4-6-12(15)7-5-11/h4-7,10,17H,8-9H2,1-3H3,(H,16,18). The summed E-state index contributed by atoms with van der Waals surface area (Å²) >= 11 is 5.84. The highest BCUT2D eigenvalue weighted by atomic mass is 35.5. The van der Waals surface area contributed by atoms with Crippen LogP contribution in [0.4, 0.5) is 0 Å². The van der Waals surface area contributed by atoms with E-state index in [-0.39, 0.29) is 18.6 Å². The van der Waals surface area contributed by atoms with Crippen LogP contribution < -0.4 is 5.32 Å². The Bertz CT molecular complexity index is 401. The summed E-state index contributed by atoms with van der Waals surface area (Å²) in [7, 11) is 0. The molecule has 1 unspecified atom stereocenters. The number of aliphatic hydroxyl groups is 1. The van der Waals surface area contributed by atoms with E-state index in [0.717, 1.165) is 5.56 Å². The van der Waals surface area contributed by atoms with Crippen molar-refractivity contribution in [2.45, 2.75) is 38.6 Å². The lowest BCUT2D eigenvalue weighted by molar-refractivity contribution is -0.126. The third-order valence-corrected chi connectivity index (χ3v) is 3.33. The summed E-state index contributed by atoms with van der Waals surface area (Å²) in [6, 6.07) is 7.25. The molecule has 0 spiro atoms. The van der Waals surface area contributed by atoms with E-state index >= 15 is 0 Å². The zero-order valence-corrected chi connectivity index (χ0v) is 11.8. The van der Waals surface area contributed by atoms with E-state index in [1.807, 2.05) is 32.9 Å². The van der Waals surface area contributed by atoms with Gasteiger partial charge in [-0.2, -0.15) is 0 Å². The second-order valence-corrected chi connectivity index (χ2v) is 5.46. The van der Waals surface area contributed by atoms with Gasteiger partial charge in [-0.3, -0.25) is 4.79 Å². The van der Waals surface area contributed by atoms with E-state index in [4.69, 9.17) is 16.7 Å². The smallest absolute Gasteiger partial charge is 0.230 e. The average Bonchev–Trinajstić information content (AvgIpc) is 2.29. The predicted molar refractivity (Wildman–Crippen MR) is 73.8 cm³/mol. The number of benzene rings is 1. The third kappa shape index (κ3) is 3.72. The van der Waals surface area contributed by atoms with Crippen LogP contribution in [0, 0.1) is 0 Å². The minimum Gasteiger partial charge on any atom is -0.396 e. The molecule has 0 aliphatic heterocycles. The van der Waals surface area contributed by atoms with Crippen LogP contribution in [0.5, 0.6) is 0 Å². The molecule has 1 amide bonds. The molecule has 18 heavy (non-hydrogen) atoms. The molecular weight excluding hydrogens is 250 g/mol. The van der Waals surface area contributed by atoms with Crippen molar-refractivity contribution in [2.75, 3.05) is 6.61 Å². The summed E-state index contributed by atoms with van der Waals surface area (Å²) in [5.41, 5.74) is 0.300. The lowest BCUT2D eigenvalue weighted by Crippen LogP contribution is -2.44. The quantitative estimate of drug-likeness (QED) is 0.863. The predicted octanol–water partition coefficient (Wildman–Crippen LogP) is 2.50. The molecule has 0 aliphatic rings. The molecule has 0 saturated heterocycles. The van der Waals surface area contributed by atoms with Gasteiger partial charge in [-0.25, -0.2) is 0 Å². The Labute approximate surface area is 113 Å². The highest BCUT2D eigenvalue weighted by Crippen LogP contribution is 2.25. The van der Waals surface area contributed by atoms with Crippen LogP contribution in [0.2, 0.25) is 5.02 Å². The van der Waals surface area contributed by atoms with Gasteiger partial charge in [0.1, 0.15) is 0 Å². The van der Waals surface area contributed by atoms with Crippen LogP contribution >= 0.6 is 11.6 Å². The number of nitrogens with one attached hydrogen (secondary N) is 1. The van der Waals surface area contributed by atoms with Crippen molar-refractivity contribution >= 4 is 17.5 Å². The van der Waals surface area contributed by atoms with Gasteiger partial charge < -0.3 is 10.4 Å². The molecule has 1 aromatic rings. The first-order valence-corrected chi connectivity index (χ1v) is 6.43. The van der Waals surface area contributed by atoms with Gasteiger partial charge in [-0.1, -0.05) is 23.7 Å². The second kappa shape index (κ2) is 6.21. The number of hydrogen-bond acceptors (Lipinski definition) is 2. The molecule has 100 valence electrons. The van der Waals surface area contributed by atoms with Crippen LogP contribution in [0.1, 0.15) is 32.8 Å². The zero-order chi connectivity index (χ0) is 13.8. The van der Waals surface area contributed by atoms with E-state index < -0.39 is 5.41 Å². The summed E-state index contributed by atoms with van der Waals surface area (Å²) in [6.07, 6.45) is 0.558. The molecule has 0 radical (unpaired) electrons. The van der Waals surface area contributed by atoms with Crippen LogP contribution in [-0.2, 0) is 10.2 Å². The largest absolute Gasteiger partial charge is 0.396 e. The Balaban J connectivity index is 2.79. The van der Waals surface area contributed by atoms with E-state index in [0.29, 0.717) is 11.4 Å². The lowest BCUT2D eigenvalue weighted by atomic mass is 9.83. The SMILES string of the molecule is CC(CCO)NC(=O)C(C)(C)c1ccc(Cl)cc1. The Morgan fingerprint density at radius 2 is 1.94 bits per heavy atom. The molecule has 1 rings (SSSR count). The highest BCUT2D eigenvalue weighted by molar-refractivity contribution is 6.30. The summed E-state index contributed by atoms with van der Waals surface area (Å²) < 4.78 is 0. The molecular formula is C14H20ClNO2. The molecule has 3 nitrogen and oxygen atoms in total. The Kier molecular flexibility index (Phi) is 5.17. The van der Waals surface area contributed by atoms with Gasteiger partial charge >= 0.3 is 0 Å². The Hall–Kier alpha value is -1.06. The molecule has 0 saturated carbocycles. The number of rotatable bonds is 5. The number of aliphatic hydroxyl groups excluding tert-OH is 1. The van der Waals surface area contributed by atoms with Crippen molar-refractivity contribution in [1.82, 2.24) is 5.32 Å². The van der Waals surface area contributed by atoms with Crippen molar-refractivity contribution in [1.29, 1.82) is 0 Å². The van der Waals surface area contributed by atoms with Gasteiger partial charge in [0.25, 0.3) is 0 Å². The van der Waals surface area contributed by atoms with Gasteiger partial charge in [0.2, 0.25) is 5.91 Å². The molecule has 0 aliphatic carbocycles. The molecule has 2 N–H and O–H groups in total. The minimum atomic E-state index is -0.617. The number of carbonyl (C=O) groups is 1.